The number of carbonyl (C=O) groups excluding carboxylic acids is 1. The van der Waals surface area contributed by atoms with E-state index in [0.717, 1.165) is 5.56 Å². The number of aromatic amines is 1. The van der Waals surface area contributed by atoms with E-state index in [1.165, 1.54) is 17.4 Å². The van der Waals surface area contributed by atoms with Crippen molar-refractivity contribution < 1.29 is 9.53 Å². The number of hydrogen-bond acceptors (Lipinski definition) is 4. The Bertz CT molecular complexity index is 853. The molecular weight excluding hydrogens is 298 g/mol. The van der Waals surface area contributed by atoms with Gasteiger partial charge in [-0.3, -0.25) is 9.59 Å². The number of benzene rings is 1. The predicted molar refractivity (Wildman–Crippen MR) is 89.7 cm³/mol. The van der Waals surface area contributed by atoms with Gasteiger partial charge in [-0.1, -0.05) is 39.0 Å². The van der Waals surface area contributed by atoms with E-state index in [4.69, 9.17) is 4.74 Å². The van der Waals surface area contributed by atoms with Crippen LogP contribution in [0.3, 0.4) is 0 Å². The first kappa shape index (κ1) is 16.2. The molecule has 2 aromatic rings. The number of ketones is 1. The Morgan fingerprint density at radius 3 is 2.59 bits per heavy atom. The van der Waals surface area contributed by atoms with E-state index < -0.39 is 5.41 Å². The Morgan fingerprint density at radius 2 is 1.95 bits per heavy atom. The highest BCUT2D eigenvalue weighted by Crippen LogP contribution is 2.17. The first-order valence-corrected chi connectivity index (χ1v) is 7.73. The highest BCUT2D eigenvalue weighted by Gasteiger charge is 2.18. The van der Waals surface area contributed by atoms with Gasteiger partial charge in [-0.25, -0.2) is 0 Å². The van der Waals surface area contributed by atoms with Gasteiger partial charge >= 0.3 is 0 Å². The minimum Gasteiger partial charge on any atom is -0.496 e. The molecule has 0 saturated carbocycles. The monoisotopic (exact) mass is 317 g/mol. The lowest BCUT2D eigenvalue weighted by atomic mass is 9.91. The molecule has 1 N–H and O–H groups in total. The Labute approximate surface area is 132 Å². The smallest absolute Gasteiger partial charge is 0.266 e. The molecule has 1 heterocycles. The third-order valence-electron chi connectivity index (χ3n) is 3.11. The second kappa shape index (κ2) is 6.32. The number of nitrogens with one attached hydrogen (secondary N) is 1. The van der Waals surface area contributed by atoms with Crippen LogP contribution >= 0.6 is 11.3 Å². The maximum absolute atomic E-state index is 12.0. The van der Waals surface area contributed by atoms with Gasteiger partial charge in [-0.2, -0.15) is 0 Å². The normalized spacial score (nSPS) is 13.5. The quantitative estimate of drug-likeness (QED) is 0.937. The highest BCUT2D eigenvalue weighted by atomic mass is 32.1. The number of carbonyl (C=O) groups is 1. The molecule has 4 nitrogen and oxygen atoms in total. The molecule has 0 saturated heterocycles. The summed E-state index contributed by atoms with van der Waals surface area (Å²) in [6.07, 6.45) is 3.26. The van der Waals surface area contributed by atoms with E-state index in [0.29, 0.717) is 14.9 Å². The fourth-order valence-corrected chi connectivity index (χ4v) is 2.66. The van der Waals surface area contributed by atoms with Gasteiger partial charge in [0.2, 0.25) is 0 Å². The van der Waals surface area contributed by atoms with Crippen molar-refractivity contribution >= 4 is 29.3 Å². The van der Waals surface area contributed by atoms with Gasteiger partial charge in [0.05, 0.1) is 16.3 Å². The topological polar surface area (TPSA) is 59.2 Å². The van der Waals surface area contributed by atoms with E-state index in [1.54, 1.807) is 13.2 Å². The number of Topliss-reactive ketones (excluding diaryl/α,β-unsaturated/α-hetero) is 1. The zero-order valence-corrected chi connectivity index (χ0v) is 13.9. The molecule has 0 spiro atoms. The minimum atomic E-state index is -0.465. The summed E-state index contributed by atoms with van der Waals surface area (Å²) in [5, 5.41) is 0. The van der Waals surface area contributed by atoms with Crippen LogP contribution in [0.4, 0.5) is 0 Å². The van der Waals surface area contributed by atoms with E-state index in [-0.39, 0.29) is 11.3 Å². The number of hydrogen-bond donors (Lipinski definition) is 1. The molecule has 116 valence electrons. The highest BCUT2D eigenvalue weighted by molar-refractivity contribution is 7.07. The van der Waals surface area contributed by atoms with E-state index >= 15 is 0 Å². The average molecular weight is 317 g/mol. The Morgan fingerprint density at radius 1 is 1.27 bits per heavy atom. The molecule has 0 aliphatic carbocycles. The van der Waals surface area contributed by atoms with Crippen molar-refractivity contribution in [1.82, 2.24) is 4.98 Å². The number of ether oxygens (including phenoxy) is 1. The van der Waals surface area contributed by atoms with Crippen molar-refractivity contribution in [2.75, 3.05) is 7.11 Å². The van der Waals surface area contributed by atoms with Crippen LogP contribution < -0.4 is 19.5 Å². The molecule has 0 bridgehead atoms. The summed E-state index contributed by atoms with van der Waals surface area (Å²) in [5.41, 5.74) is 0.155. The molecule has 0 atom stereocenters. The van der Waals surface area contributed by atoms with Crippen LogP contribution in [-0.2, 0) is 4.79 Å². The van der Waals surface area contributed by atoms with Crippen molar-refractivity contribution in [3.8, 4) is 5.75 Å². The van der Waals surface area contributed by atoms with Gasteiger partial charge < -0.3 is 9.72 Å². The summed E-state index contributed by atoms with van der Waals surface area (Å²) in [5.74, 6) is 0.681. The number of H-pyrrole nitrogens is 1. The molecule has 22 heavy (non-hydrogen) atoms. The van der Waals surface area contributed by atoms with Gasteiger partial charge in [0, 0.05) is 17.1 Å². The van der Waals surface area contributed by atoms with Crippen molar-refractivity contribution in [3.05, 3.63) is 49.4 Å². The number of methoxy groups -OCH3 is 1. The van der Waals surface area contributed by atoms with Crippen molar-refractivity contribution in [3.63, 3.8) is 0 Å². The number of aromatic nitrogens is 1. The Hall–Kier alpha value is -2.14. The van der Waals surface area contributed by atoms with E-state index in [1.807, 2.05) is 45.0 Å². The molecule has 0 aliphatic rings. The second-order valence-corrected chi connectivity index (χ2v) is 7.01. The van der Waals surface area contributed by atoms with Crippen LogP contribution in [-0.4, -0.2) is 17.9 Å². The van der Waals surface area contributed by atoms with Gasteiger partial charge in [-0.15, -0.1) is 11.3 Å². The summed E-state index contributed by atoms with van der Waals surface area (Å²) in [6, 6.07) is 7.47. The number of rotatable bonds is 3. The fourth-order valence-electron chi connectivity index (χ4n) is 1.79. The lowest BCUT2D eigenvalue weighted by Gasteiger charge is -2.12. The van der Waals surface area contributed by atoms with Crippen LogP contribution in [0.25, 0.3) is 12.2 Å². The lowest BCUT2D eigenvalue weighted by Crippen LogP contribution is -2.22. The molecular formula is C17H19NO3S. The third-order valence-corrected chi connectivity index (χ3v) is 4.07. The van der Waals surface area contributed by atoms with Gasteiger partial charge in [0.25, 0.3) is 5.56 Å². The standard InChI is InChI=1S/C17H19NO3S/c1-17(2,3)14(19)10-15-18-16(20)13(22-15)9-11-7-5-6-8-12(11)21-4/h5-10H,1-4H3,(H,18,20)/b13-9-,15-10-. The van der Waals surface area contributed by atoms with Crippen LogP contribution in [0, 0.1) is 5.41 Å². The van der Waals surface area contributed by atoms with Gasteiger partial charge in [-0.05, 0) is 12.1 Å². The lowest BCUT2D eigenvalue weighted by molar-refractivity contribution is -0.119. The van der Waals surface area contributed by atoms with E-state index in [9.17, 15) is 9.59 Å². The molecule has 0 unspecified atom stereocenters. The van der Waals surface area contributed by atoms with Gasteiger partial charge in [0.1, 0.15) is 5.75 Å². The third kappa shape index (κ3) is 3.74. The maximum Gasteiger partial charge on any atom is 0.266 e. The molecule has 0 fully saturated rings. The van der Waals surface area contributed by atoms with Crippen molar-refractivity contribution in [1.29, 1.82) is 0 Å². The summed E-state index contributed by atoms with van der Waals surface area (Å²) in [4.78, 5) is 26.8. The minimum absolute atomic E-state index is 0.0196. The molecule has 5 heteroatoms. The molecule has 0 amide bonds. The number of para-hydroxylation sites is 1. The largest absolute Gasteiger partial charge is 0.496 e. The van der Waals surface area contributed by atoms with Crippen molar-refractivity contribution in [2.45, 2.75) is 20.8 Å². The summed E-state index contributed by atoms with van der Waals surface area (Å²) < 4.78 is 6.37. The maximum atomic E-state index is 12.0. The van der Waals surface area contributed by atoms with Crippen LogP contribution in [0.5, 0.6) is 5.75 Å². The summed E-state index contributed by atoms with van der Waals surface area (Å²) >= 11 is 1.26. The van der Waals surface area contributed by atoms with Crippen LogP contribution in [0.1, 0.15) is 26.3 Å². The van der Waals surface area contributed by atoms with Crippen LogP contribution in [0.15, 0.2) is 29.1 Å². The average Bonchev–Trinajstić information content (AvgIpc) is 2.78. The molecule has 1 aromatic heterocycles. The predicted octanol–water partition coefficient (Wildman–Crippen LogP) is 1.67. The van der Waals surface area contributed by atoms with E-state index in [2.05, 4.69) is 4.98 Å². The first-order valence-electron chi connectivity index (χ1n) is 6.91. The summed E-state index contributed by atoms with van der Waals surface area (Å²) in [6.45, 7) is 5.54. The number of thiazole rings is 1. The van der Waals surface area contributed by atoms with Gasteiger partial charge in [0.15, 0.2) is 5.78 Å². The Kier molecular flexibility index (Phi) is 4.66. The zero-order chi connectivity index (χ0) is 16.3. The van der Waals surface area contributed by atoms with Crippen molar-refractivity contribution in [2.24, 2.45) is 5.41 Å². The SMILES string of the molecule is COc1ccccc1/C=c1\s/c(=C\C(=O)C(C)(C)C)[nH]c1=O. The first-order chi connectivity index (χ1) is 10.3. The summed E-state index contributed by atoms with van der Waals surface area (Å²) in [7, 11) is 1.59. The zero-order valence-electron chi connectivity index (χ0n) is 13.1. The molecule has 1 aromatic carbocycles. The molecule has 0 aliphatic heterocycles. The molecule has 2 rings (SSSR count). The Balaban J connectivity index is 2.51. The molecule has 0 radical (unpaired) electrons. The second-order valence-electron chi connectivity index (χ2n) is 5.93. The fraction of sp³-hybridized carbons (Fsp3) is 0.294. The van der Waals surface area contributed by atoms with Crippen LogP contribution in [0.2, 0.25) is 0 Å².